The molecule has 0 spiro atoms. The Bertz CT molecular complexity index is 700. The topological polar surface area (TPSA) is 119 Å². The molecule has 27 heavy (non-hydrogen) atoms. The molecule has 1 aliphatic heterocycles. The third kappa shape index (κ3) is 4.57. The van der Waals surface area contributed by atoms with Crippen molar-refractivity contribution >= 4 is 18.0 Å². The molecule has 148 valence electrons. The number of nitrogens with two attached hydrogens (primary N) is 1. The summed E-state index contributed by atoms with van der Waals surface area (Å²) in [6, 6.07) is 9.06. The number of ether oxygens (including phenoxy) is 2. The number of aliphatic carboxylic acids is 1. The fourth-order valence-electron chi connectivity index (χ4n) is 3.00. The number of amides is 1. The third-order valence-electron chi connectivity index (χ3n) is 4.40. The average Bonchev–Trinajstić information content (AvgIpc) is 2.59. The maximum atomic E-state index is 12.7. The van der Waals surface area contributed by atoms with Gasteiger partial charge in [0.15, 0.2) is 5.41 Å². The molecule has 0 saturated carbocycles. The predicted molar refractivity (Wildman–Crippen MR) is 96.5 cm³/mol. The molecule has 0 radical (unpaired) electrons. The highest BCUT2D eigenvalue weighted by atomic mass is 16.6. The molecule has 2 rings (SSSR count). The highest BCUT2D eigenvalue weighted by molar-refractivity contribution is 6.00. The van der Waals surface area contributed by atoms with Crippen LogP contribution in [0, 0.1) is 5.41 Å². The Morgan fingerprint density at radius 2 is 1.89 bits per heavy atom. The highest BCUT2D eigenvalue weighted by Crippen LogP contribution is 2.37. The second-order valence-electron chi connectivity index (χ2n) is 7.56. The summed E-state index contributed by atoms with van der Waals surface area (Å²) in [6.07, 6.45) is -1.87. The summed E-state index contributed by atoms with van der Waals surface area (Å²) in [5, 5.41) is 9.77. The van der Waals surface area contributed by atoms with E-state index in [1.165, 1.54) is 0 Å². The first-order valence-corrected chi connectivity index (χ1v) is 8.77. The fourth-order valence-corrected chi connectivity index (χ4v) is 3.00. The third-order valence-corrected chi connectivity index (χ3v) is 4.40. The molecule has 1 aromatic rings. The Hall–Kier alpha value is -2.61. The monoisotopic (exact) mass is 378 g/mol. The number of carboxylic acids is 1. The van der Waals surface area contributed by atoms with E-state index < -0.39 is 35.2 Å². The Labute approximate surface area is 158 Å². The van der Waals surface area contributed by atoms with Gasteiger partial charge in [-0.05, 0) is 39.2 Å². The second kappa shape index (κ2) is 7.96. The van der Waals surface area contributed by atoms with E-state index in [2.05, 4.69) is 0 Å². The summed E-state index contributed by atoms with van der Waals surface area (Å²) in [5.41, 5.74) is 3.97. The minimum absolute atomic E-state index is 0.0130. The Kier molecular flexibility index (Phi) is 6.10. The summed E-state index contributed by atoms with van der Waals surface area (Å²) >= 11 is 0. The zero-order valence-electron chi connectivity index (χ0n) is 15.8. The SMILES string of the molecule is CC(C)(C)OC(=O)[C@]1(C(=O)O)CCCN(C(=O)OCc2ccccc2)[C@@H]1N. The molecule has 1 fully saturated rings. The van der Waals surface area contributed by atoms with Crippen LogP contribution in [0.4, 0.5) is 4.79 Å². The molecule has 1 heterocycles. The Balaban J connectivity index is 2.18. The first-order valence-electron chi connectivity index (χ1n) is 8.77. The largest absolute Gasteiger partial charge is 0.480 e. The molecular weight excluding hydrogens is 352 g/mol. The zero-order valence-corrected chi connectivity index (χ0v) is 15.8. The van der Waals surface area contributed by atoms with E-state index in [0.717, 1.165) is 10.5 Å². The smallest absolute Gasteiger partial charge is 0.411 e. The van der Waals surface area contributed by atoms with Crippen molar-refractivity contribution < 1.29 is 29.0 Å². The quantitative estimate of drug-likeness (QED) is 0.608. The minimum atomic E-state index is -2.03. The van der Waals surface area contributed by atoms with Crippen LogP contribution in [0.3, 0.4) is 0 Å². The summed E-state index contributed by atoms with van der Waals surface area (Å²) in [4.78, 5) is 38.2. The van der Waals surface area contributed by atoms with Gasteiger partial charge in [-0.2, -0.15) is 0 Å². The molecule has 1 aliphatic rings. The molecule has 0 aromatic heterocycles. The van der Waals surface area contributed by atoms with Gasteiger partial charge in [0.05, 0.1) is 0 Å². The second-order valence-corrected chi connectivity index (χ2v) is 7.56. The van der Waals surface area contributed by atoms with E-state index in [9.17, 15) is 19.5 Å². The van der Waals surface area contributed by atoms with Gasteiger partial charge < -0.3 is 20.3 Å². The van der Waals surface area contributed by atoms with Crippen molar-refractivity contribution in [2.75, 3.05) is 6.54 Å². The summed E-state index contributed by atoms with van der Waals surface area (Å²) in [7, 11) is 0. The molecule has 8 nitrogen and oxygen atoms in total. The van der Waals surface area contributed by atoms with Gasteiger partial charge in [0, 0.05) is 6.54 Å². The molecule has 2 atom stereocenters. The van der Waals surface area contributed by atoms with Crippen LogP contribution in [0.25, 0.3) is 0 Å². The molecule has 8 heteroatoms. The Morgan fingerprint density at radius 3 is 2.44 bits per heavy atom. The minimum Gasteiger partial charge on any atom is -0.480 e. The van der Waals surface area contributed by atoms with Crippen molar-refractivity contribution in [1.29, 1.82) is 0 Å². The van der Waals surface area contributed by atoms with Crippen molar-refractivity contribution in [1.82, 2.24) is 4.90 Å². The Morgan fingerprint density at radius 1 is 1.26 bits per heavy atom. The lowest BCUT2D eigenvalue weighted by Crippen LogP contribution is -2.66. The van der Waals surface area contributed by atoms with Crippen LogP contribution in [0.5, 0.6) is 0 Å². The van der Waals surface area contributed by atoms with Gasteiger partial charge in [-0.3, -0.25) is 14.5 Å². The van der Waals surface area contributed by atoms with Crippen LogP contribution < -0.4 is 5.73 Å². The number of carbonyl (C=O) groups excluding carboxylic acids is 2. The summed E-state index contributed by atoms with van der Waals surface area (Å²) in [5.74, 6) is -2.36. The normalized spacial score (nSPS) is 22.8. The van der Waals surface area contributed by atoms with Crippen LogP contribution in [0.1, 0.15) is 39.2 Å². The van der Waals surface area contributed by atoms with Gasteiger partial charge in [0.1, 0.15) is 18.4 Å². The van der Waals surface area contributed by atoms with E-state index in [0.29, 0.717) is 6.42 Å². The number of benzene rings is 1. The van der Waals surface area contributed by atoms with E-state index in [4.69, 9.17) is 15.2 Å². The molecule has 1 aromatic carbocycles. The van der Waals surface area contributed by atoms with Crippen molar-refractivity contribution in [2.24, 2.45) is 11.1 Å². The molecular formula is C19H26N2O6. The number of nitrogens with zero attached hydrogens (tertiary/aromatic N) is 1. The maximum Gasteiger partial charge on any atom is 0.411 e. The van der Waals surface area contributed by atoms with E-state index in [1.54, 1.807) is 32.9 Å². The number of esters is 1. The first kappa shape index (κ1) is 20.7. The number of hydrogen-bond acceptors (Lipinski definition) is 6. The van der Waals surface area contributed by atoms with Crippen molar-refractivity contribution in [3.05, 3.63) is 35.9 Å². The number of carboxylic acid groups (broad SMARTS) is 1. The average molecular weight is 378 g/mol. The molecule has 0 unspecified atom stereocenters. The molecule has 3 N–H and O–H groups in total. The van der Waals surface area contributed by atoms with E-state index >= 15 is 0 Å². The predicted octanol–water partition coefficient (Wildman–Crippen LogP) is 2.12. The molecule has 1 amide bonds. The van der Waals surface area contributed by atoms with Gasteiger partial charge >= 0.3 is 18.0 Å². The number of piperidine rings is 1. The van der Waals surface area contributed by atoms with Crippen LogP contribution in [0.2, 0.25) is 0 Å². The summed E-state index contributed by atoms with van der Waals surface area (Å²) in [6.45, 7) is 5.14. The lowest BCUT2D eigenvalue weighted by Gasteiger charge is -2.43. The standard InChI is InChI=1S/C19H26N2O6/c1-18(2,3)27-16(24)19(15(22)23)10-7-11-21(14(19)20)17(25)26-12-13-8-5-4-6-9-13/h4-6,8-9,14H,7,10-12,20H2,1-3H3,(H,22,23)/t14-,19+/m0/s1. The first-order chi connectivity index (χ1) is 12.6. The molecule has 1 saturated heterocycles. The summed E-state index contributed by atoms with van der Waals surface area (Å²) < 4.78 is 10.5. The highest BCUT2D eigenvalue weighted by Gasteiger charge is 2.58. The molecule has 0 bridgehead atoms. The van der Waals surface area contributed by atoms with Crippen LogP contribution in [0.15, 0.2) is 30.3 Å². The fraction of sp³-hybridized carbons (Fsp3) is 0.526. The lowest BCUT2D eigenvalue weighted by molar-refractivity contribution is -0.185. The van der Waals surface area contributed by atoms with Crippen LogP contribution in [-0.4, -0.2) is 46.3 Å². The van der Waals surface area contributed by atoms with Gasteiger partial charge in [-0.25, -0.2) is 4.79 Å². The number of carbonyl (C=O) groups is 3. The van der Waals surface area contributed by atoms with Gasteiger partial charge in [-0.15, -0.1) is 0 Å². The van der Waals surface area contributed by atoms with Crippen molar-refractivity contribution in [3.8, 4) is 0 Å². The van der Waals surface area contributed by atoms with Gasteiger partial charge in [0.2, 0.25) is 0 Å². The number of hydrogen-bond donors (Lipinski definition) is 2. The lowest BCUT2D eigenvalue weighted by atomic mass is 9.76. The van der Waals surface area contributed by atoms with Crippen LogP contribution in [-0.2, 0) is 25.7 Å². The van der Waals surface area contributed by atoms with Crippen LogP contribution >= 0.6 is 0 Å². The van der Waals surface area contributed by atoms with Gasteiger partial charge in [0.25, 0.3) is 0 Å². The number of likely N-dealkylation sites (tertiary alicyclic amines) is 1. The van der Waals surface area contributed by atoms with Crippen molar-refractivity contribution in [3.63, 3.8) is 0 Å². The van der Waals surface area contributed by atoms with Crippen molar-refractivity contribution in [2.45, 2.75) is 52.0 Å². The van der Waals surface area contributed by atoms with E-state index in [1.807, 2.05) is 18.2 Å². The van der Waals surface area contributed by atoms with Gasteiger partial charge in [-0.1, -0.05) is 30.3 Å². The zero-order chi connectivity index (χ0) is 20.2. The molecule has 0 aliphatic carbocycles. The van der Waals surface area contributed by atoms with E-state index in [-0.39, 0.29) is 19.6 Å². The number of rotatable bonds is 4. The maximum absolute atomic E-state index is 12.7.